The molecule has 0 radical (unpaired) electrons. The van der Waals surface area contributed by atoms with Crippen molar-refractivity contribution in [3.05, 3.63) is 69.6 Å². The average Bonchev–Trinajstić information content (AvgIpc) is 3.24. The summed E-state index contributed by atoms with van der Waals surface area (Å²) in [5.74, 6) is 0.0951. The van der Waals surface area contributed by atoms with Crippen molar-refractivity contribution in [2.24, 2.45) is 0 Å². The molecule has 1 aliphatic rings. The fraction of sp³-hybridized carbons (Fsp3) is 0.333. The van der Waals surface area contributed by atoms with Gasteiger partial charge in [0.15, 0.2) is 11.6 Å². The van der Waals surface area contributed by atoms with Gasteiger partial charge in [0.1, 0.15) is 17.6 Å². The van der Waals surface area contributed by atoms with Gasteiger partial charge in [0.25, 0.3) is 0 Å². The highest BCUT2D eigenvalue weighted by atomic mass is 35.5. The highest BCUT2D eigenvalue weighted by molar-refractivity contribution is 6.35. The van der Waals surface area contributed by atoms with Crippen molar-refractivity contribution in [3.63, 3.8) is 0 Å². The summed E-state index contributed by atoms with van der Waals surface area (Å²) in [6.45, 7) is 17.4. The average molecular weight is 554 g/mol. The van der Waals surface area contributed by atoms with Gasteiger partial charge in [0.05, 0.1) is 27.7 Å². The molecule has 0 saturated carbocycles. The van der Waals surface area contributed by atoms with E-state index in [0.29, 0.717) is 55.3 Å². The number of rotatable bonds is 7. The number of anilines is 1. The summed E-state index contributed by atoms with van der Waals surface area (Å²) in [7, 11) is 0. The Kier molecular flexibility index (Phi) is 6.90. The minimum absolute atomic E-state index is 0.0177. The predicted octanol–water partition coefficient (Wildman–Crippen LogP) is 6.73. The Morgan fingerprint density at radius 1 is 1.16 bits per heavy atom. The van der Waals surface area contributed by atoms with Crippen molar-refractivity contribution in [1.29, 1.82) is 0 Å². The number of hydrogen-bond acceptors (Lipinski definition) is 6. The van der Waals surface area contributed by atoms with Crippen molar-refractivity contribution >= 4 is 45.6 Å². The number of halogens is 3. The summed E-state index contributed by atoms with van der Waals surface area (Å²) in [6.07, 6.45) is 3.98. The normalized spacial score (nSPS) is 15.4. The summed E-state index contributed by atoms with van der Waals surface area (Å²) in [5.41, 5.74) is 2.59. The molecule has 5 rings (SSSR count). The van der Waals surface area contributed by atoms with Crippen LogP contribution in [0.15, 0.2) is 36.8 Å². The van der Waals surface area contributed by atoms with Crippen LogP contribution in [0.1, 0.15) is 39.4 Å². The molecule has 0 spiro atoms. The molecule has 8 nitrogen and oxygen atoms in total. The largest absolute Gasteiger partial charge is 0.483 e. The van der Waals surface area contributed by atoms with Gasteiger partial charge in [-0.15, -0.1) is 0 Å². The summed E-state index contributed by atoms with van der Waals surface area (Å²) in [4.78, 5) is 14.4. The molecule has 196 valence electrons. The van der Waals surface area contributed by atoms with Crippen LogP contribution < -0.4 is 15.0 Å². The first-order chi connectivity index (χ1) is 18.1. The monoisotopic (exact) mass is 553 g/mol. The minimum Gasteiger partial charge on any atom is -0.483 e. The fourth-order valence-corrected chi connectivity index (χ4v) is 5.70. The molecule has 0 amide bonds. The van der Waals surface area contributed by atoms with E-state index in [-0.39, 0.29) is 11.3 Å². The lowest BCUT2D eigenvalue weighted by Gasteiger charge is -2.50. The van der Waals surface area contributed by atoms with E-state index < -0.39 is 11.9 Å². The van der Waals surface area contributed by atoms with E-state index in [1.165, 1.54) is 18.5 Å². The molecule has 1 aromatic carbocycles. The van der Waals surface area contributed by atoms with E-state index in [9.17, 15) is 4.39 Å². The maximum atomic E-state index is 14.9. The van der Waals surface area contributed by atoms with Crippen molar-refractivity contribution < 1.29 is 9.13 Å². The molecule has 1 aliphatic heterocycles. The van der Waals surface area contributed by atoms with Gasteiger partial charge >= 0.3 is 0 Å². The van der Waals surface area contributed by atoms with Gasteiger partial charge in [-0.3, -0.25) is 15.1 Å². The first-order valence-electron chi connectivity index (χ1n) is 12.1. The summed E-state index contributed by atoms with van der Waals surface area (Å²) >= 11 is 12.5. The molecular weight excluding hydrogens is 528 g/mol. The second-order valence-corrected chi connectivity index (χ2v) is 10.9. The van der Waals surface area contributed by atoms with E-state index in [4.69, 9.17) is 34.5 Å². The maximum Gasteiger partial charge on any atom is 0.229 e. The lowest BCUT2D eigenvalue weighted by atomic mass is 9.91. The highest BCUT2D eigenvalue weighted by Gasteiger charge is 2.40. The van der Waals surface area contributed by atoms with Crippen LogP contribution in [0, 0.1) is 12.4 Å². The number of nitrogens with one attached hydrogen (secondary N) is 2. The number of pyridine rings is 2. The van der Waals surface area contributed by atoms with Crippen LogP contribution in [0.25, 0.3) is 27.0 Å². The summed E-state index contributed by atoms with van der Waals surface area (Å²) < 4.78 is 20.9. The Balaban J connectivity index is 1.45. The van der Waals surface area contributed by atoms with Gasteiger partial charge in [-0.1, -0.05) is 37.0 Å². The van der Waals surface area contributed by atoms with Gasteiger partial charge in [-0.25, -0.2) is 9.24 Å². The summed E-state index contributed by atoms with van der Waals surface area (Å²) in [6, 6.07) is 5.03. The van der Waals surface area contributed by atoms with E-state index in [2.05, 4.69) is 56.0 Å². The lowest BCUT2D eigenvalue weighted by molar-refractivity contribution is 0.217. The second kappa shape index (κ2) is 10.0. The van der Waals surface area contributed by atoms with Crippen LogP contribution in [0.2, 0.25) is 10.0 Å². The van der Waals surface area contributed by atoms with Crippen LogP contribution in [0.4, 0.5) is 15.9 Å². The standard InChI is InChI=1S/C27H26Cl2FN7O/c1-14(2)34-27(4)12-37(13-27)26-22(31-5)6-16(9-33-26)25-17-7-23(20(30)8-21(17)35-36-25)38-15(3)24-18(28)10-32-11-19(24)29/h6-11,14-15,34H,12-13H2,1-4H3,(H,35,36)/t15-/m1/s1. The third kappa shape index (κ3) is 4.87. The highest BCUT2D eigenvalue weighted by Crippen LogP contribution is 2.39. The quantitative estimate of drug-likeness (QED) is 0.247. The Morgan fingerprint density at radius 2 is 1.87 bits per heavy atom. The minimum atomic E-state index is -0.637. The number of benzene rings is 1. The topological polar surface area (TPSA) is 83.3 Å². The Morgan fingerprint density at radius 3 is 2.53 bits per heavy atom. The number of ether oxygens (including phenoxy) is 1. The Bertz CT molecular complexity index is 1540. The number of nitrogens with zero attached hydrogens (tertiary/aromatic N) is 5. The lowest BCUT2D eigenvalue weighted by Crippen LogP contribution is -2.69. The predicted molar refractivity (Wildman–Crippen MR) is 148 cm³/mol. The zero-order chi connectivity index (χ0) is 27.2. The third-order valence-electron chi connectivity index (χ3n) is 6.47. The number of hydrogen-bond donors (Lipinski definition) is 2. The van der Waals surface area contributed by atoms with Gasteiger partial charge in [0, 0.05) is 60.3 Å². The molecule has 0 aliphatic carbocycles. The van der Waals surface area contributed by atoms with Crippen LogP contribution in [-0.2, 0) is 0 Å². The van der Waals surface area contributed by atoms with Crippen LogP contribution in [0.5, 0.6) is 5.75 Å². The number of aromatic nitrogens is 4. The third-order valence-corrected chi connectivity index (χ3v) is 7.08. The fourth-order valence-electron chi connectivity index (χ4n) is 5.02. The Hall–Kier alpha value is -3.45. The molecule has 1 saturated heterocycles. The van der Waals surface area contributed by atoms with Crippen molar-refractivity contribution in [2.45, 2.75) is 45.4 Å². The van der Waals surface area contributed by atoms with E-state index in [1.54, 1.807) is 25.3 Å². The zero-order valence-electron chi connectivity index (χ0n) is 21.3. The van der Waals surface area contributed by atoms with Crippen molar-refractivity contribution in [1.82, 2.24) is 25.5 Å². The molecule has 2 N–H and O–H groups in total. The van der Waals surface area contributed by atoms with Crippen LogP contribution >= 0.6 is 23.2 Å². The van der Waals surface area contributed by atoms with E-state index in [0.717, 1.165) is 13.1 Å². The van der Waals surface area contributed by atoms with Gasteiger partial charge < -0.3 is 15.0 Å². The first kappa shape index (κ1) is 26.2. The van der Waals surface area contributed by atoms with Gasteiger partial charge in [-0.2, -0.15) is 5.10 Å². The maximum absolute atomic E-state index is 14.9. The number of aromatic amines is 1. The van der Waals surface area contributed by atoms with Gasteiger partial charge in [-0.05, 0) is 26.0 Å². The van der Waals surface area contributed by atoms with Crippen molar-refractivity contribution in [3.8, 4) is 17.0 Å². The Labute approximate surface area is 230 Å². The molecule has 4 heterocycles. The molecule has 4 aromatic rings. The molecule has 1 fully saturated rings. The molecule has 1 atom stereocenters. The smallest absolute Gasteiger partial charge is 0.229 e. The number of H-pyrrole nitrogens is 1. The first-order valence-corrected chi connectivity index (χ1v) is 12.9. The van der Waals surface area contributed by atoms with Crippen LogP contribution in [-0.4, -0.2) is 44.8 Å². The second-order valence-electron chi connectivity index (χ2n) is 10.1. The molecule has 0 bridgehead atoms. The molecule has 38 heavy (non-hydrogen) atoms. The molecule has 0 unspecified atom stereocenters. The molecule has 11 heteroatoms. The van der Waals surface area contributed by atoms with Crippen LogP contribution in [0.3, 0.4) is 0 Å². The number of fused-ring (bicyclic) bond motifs is 1. The van der Waals surface area contributed by atoms with E-state index in [1.807, 2.05) is 0 Å². The van der Waals surface area contributed by atoms with Gasteiger partial charge in [0.2, 0.25) is 5.69 Å². The van der Waals surface area contributed by atoms with Crippen molar-refractivity contribution in [2.75, 3.05) is 18.0 Å². The van der Waals surface area contributed by atoms with E-state index >= 15 is 0 Å². The molecular formula is C27H26Cl2FN7O. The zero-order valence-corrected chi connectivity index (χ0v) is 22.8. The molecule has 3 aromatic heterocycles. The SMILES string of the molecule is [C-]#[N+]c1cc(-c2n[nH]c3cc(F)c(O[C@H](C)c4c(Cl)cncc4Cl)cc23)cnc1N1CC(C)(NC(C)C)C1. The summed E-state index contributed by atoms with van der Waals surface area (Å²) in [5, 5.41) is 12.1.